The number of hydrogen-bond donors (Lipinski definition) is 1. The minimum Gasteiger partial charge on any atom is -0.478 e. The number of carboxylic acid groups (broad SMARTS) is 1. The number of ether oxygens (including phenoxy) is 1. The van der Waals surface area contributed by atoms with Crippen LogP contribution in [0.25, 0.3) is 0 Å². The zero-order chi connectivity index (χ0) is 20.1. The highest BCUT2D eigenvalue weighted by Gasteiger charge is 2.20. The van der Waals surface area contributed by atoms with E-state index in [0.29, 0.717) is 8.95 Å². The molecule has 27 heavy (non-hydrogen) atoms. The molecule has 4 nitrogen and oxygen atoms in total. The molecule has 8 heteroatoms. The zero-order valence-electron chi connectivity index (χ0n) is 14.1. The maximum absolute atomic E-state index is 13.3. The molecule has 0 aliphatic heterocycles. The second kappa shape index (κ2) is 10.5. The average Bonchev–Trinajstić information content (AvgIpc) is 2.45. The summed E-state index contributed by atoms with van der Waals surface area (Å²) >= 11 is 6.13. The first-order chi connectivity index (χ1) is 11.9. The van der Waals surface area contributed by atoms with Gasteiger partial charge in [0.15, 0.2) is 0 Å². The van der Waals surface area contributed by atoms with Crippen LogP contribution in [0.2, 0.25) is 0 Å². The van der Waals surface area contributed by atoms with Gasteiger partial charge in [0.2, 0.25) is 0 Å². The van der Waals surface area contributed by atoms with Crippen molar-refractivity contribution in [2.24, 2.45) is 0 Å². The first-order valence-electron chi connectivity index (χ1n) is 7.27. The summed E-state index contributed by atoms with van der Waals surface area (Å²) in [6, 6.07) is 8.03. The smallest absolute Gasteiger partial charge is 0.341 e. The Balaban J connectivity index is 0.000000504. The zero-order valence-corrected chi connectivity index (χ0v) is 17.3. The van der Waals surface area contributed by atoms with Gasteiger partial charge in [0.05, 0.1) is 11.1 Å². The fraction of sp³-hybridized carbons (Fsp3) is 0.263. The Morgan fingerprint density at radius 1 is 0.926 bits per heavy atom. The summed E-state index contributed by atoms with van der Waals surface area (Å²) in [5, 5.41) is 8.40. The van der Waals surface area contributed by atoms with E-state index in [1.54, 1.807) is 26.8 Å². The quantitative estimate of drug-likeness (QED) is 0.471. The summed E-state index contributed by atoms with van der Waals surface area (Å²) in [7, 11) is 0. The summed E-state index contributed by atoms with van der Waals surface area (Å²) in [5.41, 5.74) is -0.974. The molecule has 0 radical (unpaired) electrons. The molecule has 0 bridgehead atoms. The lowest BCUT2D eigenvalue weighted by molar-refractivity contribution is 0.00644. The van der Waals surface area contributed by atoms with E-state index in [1.165, 1.54) is 24.3 Å². The van der Waals surface area contributed by atoms with Gasteiger partial charge in [-0.05, 0) is 57.2 Å². The Labute approximate surface area is 173 Å². The van der Waals surface area contributed by atoms with Crippen LogP contribution >= 0.6 is 31.9 Å². The predicted octanol–water partition coefficient (Wildman–Crippen LogP) is 6.47. The molecule has 0 aliphatic carbocycles. The molecule has 0 aliphatic rings. The normalized spacial score (nSPS) is 10.2. The van der Waals surface area contributed by atoms with Crippen LogP contribution in [0.3, 0.4) is 0 Å². The summed E-state index contributed by atoms with van der Waals surface area (Å²) in [5.74, 6) is -3.21. The number of benzene rings is 2. The van der Waals surface area contributed by atoms with E-state index in [0.717, 1.165) is 6.07 Å². The van der Waals surface area contributed by atoms with Gasteiger partial charge in [-0.15, -0.1) is 0 Å². The SMILES string of the molecule is C.CC(C)(C)OC(=O)c1ccc(Br)cc1F.O=C(O)c1ccc(Br)cc1F. The Morgan fingerprint density at radius 3 is 1.67 bits per heavy atom. The third-order valence-corrected chi connectivity index (χ3v) is 3.70. The van der Waals surface area contributed by atoms with E-state index in [-0.39, 0.29) is 18.6 Å². The number of carboxylic acids is 1. The Kier molecular flexibility index (Phi) is 9.81. The molecule has 0 amide bonds. The van der Waals surface area contributed by atoms with Gasteiger partial charge in [-0.25, -0.2) is 18.4 Å². The largest absolute Gasteiger partial charge is 0.478 e. The van der Waals surface area contributed by atoms with Crippen molar-refractivity contribution in [2.45, 2.75) is 33.8 Å². The van der Waals surface area contributed by atoms with Crippen LogP contribution in [0, 0.1) is 11.6 Å². The minimum atomic E-state index is -1.25. The highest BCUT2D eigenvalue weighted by molar-refractivity contribution is 9.10. The number of aromatic carboxylic acids is 1. The Hall–Kier alpha value is -1.80. The summed E-state index contributed by atoms with van der Waals surface area (Å²) in [6.45, 7) is 5.21. The van der Waals surface area contributed by atoms with Crippen molar-refractivity contribution in [1.29, 1.82) is 0 Å². The van der Waals surface area contributed by atoms with Gasteiger partial charge in [-0.3, -0.25) is 0 Å². The molecule has 148 valence electrons. The van der Waals surface area contributed by atoms with E-state index >= 15 is 0 Å². The number of carbonyl (C=O) groups is 2. The molecule has 2 aromatic carbocycles. The Bertz CT molecular complexity index is 818. The second-order valence-electron chi connectivity index (χ2n) is 6.06. The maximum atomic E-state index is 13.3. The summed E-state index contributed by atoms with van der Waals surface area (Å²) in [4.78, 5) is 21.8. The van der Waals surface area contributed by atoms with Crippen LogP contribution in [0.5, 0.6) is 0 Å². The maximum Gasteiger partial charge on any atom is 0.341 e. The summed E-state index contributed by atoms with van der Waals surface area (Å²) in [6.07, 6.45) is 0. The van der Waals surface area contributed by atoms with Gasteiger partial charge in [-0.1, -0.05) is 39.3 Å². The fourth-order valence-electron chi connectivity index (χ4n) is 1.65. The van der Waals surface area contributed by atoms with Crippen LogP contribution in [-0.4, -0.2) is 22.6 Å². The van der Waals surface area contributed by atoms with Crippen molar-refractivity contribution in [2.75, 3.05) is 0 Å². The summed E-state index contributed by atoms with van der Waals surface area (Å²) < 4.78 is 32.2. The molecule has 2 aromatic rings. The fourth-order valence-corrected chi connectivity index (χ4v) is 2.32. The van der Waals surface area contributed by atoms with Crippen molar-refractivity contribution in [3.63, 3.8) is 0 Å². The van der Waals surface area contributed by atoms with Crippen LogP contribution in [0.4, 0.5) is 8.78 Å². The van der Waals surface area contributed by atoms with Gasteiger partial charge in [0.25, 0.3) is 0 Å². The van der Waals surface area contributed by atoms with E-state index in [4.69, 9.17) is 9.84 Å². The number of rotatable bonds is 2. The molecule has 1 N–H and O–H groups in total. The predicted molar refractivity (Wildman–Crippen MR) is 107 cm³/mol. The molecular weight excluding hydrogens is 490 g/mol. The molecule has 0 atom stereocenters. The van der Waals surface area contributed by atoms with Gasteiger partial charge < -0.3 is 9.84 Å². The van der Waals surface area contributed by atoms with Crippen molar-refractivity contribution < 1.29 is 28.2 Å². The van der Waals surface area contributed by atoms with Gasteiger partial charge >= 0.3 is 11.9 Å². The van der Waals surface area contributed by atoms with Gasteiger partial charge in [0.1, 0.15) is 17.2 Å². The third-order valence-electron chi connectivity index (χ3n) is 2.71. The standard InChI is InChI=1S/C11H12BrFO2.C7H4BrFO2.CH4/c1-11(2,3)15-10(14)8-5-4-7(12)6-9(8)13;8-4-1-2-5(7(10)11)6(9)3-4;/h4-6H,1-3H3;1-3H,(H,10,11);1H4. The lowest BCUT2D eigenvalue weighted by Gasteiger charge is -2.19. The Morgan fingerprint density at radius 2 is 1.33 bits per heavy atom. The number of halogens is 4. The monoisotopic (exact) mass is 508 g/mol. The van der Waals surface area contributed by atoms with Crippen molar-refractivity contribution >= 4 is 43.8 Å². The van der Waals surface area contributed by atoms with E-state index in [2.05, 4.69) is 31.9 Å². The van der Waals surface area contributed by atoms with Crippen LogP contribution in [0.15, 0.2) is 45.3 Å². The minimum absolute atomic E-state index is 0. The molecule has 0 aromatic heterocycles. The van der Waals surface area contributed by atoms with Crippen LogP contribution < -0.4 is 0 Å². The van der Waals surface area contributed by atoms with E-state index < -0.39 is 29.2 Å². The number of carbonyl (C=O) groups excluding carboxylic acids is 1. The average molecular weight is 510 g/mol. The van der Waals surface area contributed by atoms with E-state index in [9.17, 15) is 18.4 Å². The molecule has 0 saturated carbocycles. The molecule has 0 heterocycles. The topological polar surface area (TPSA) is 63.6 Å². The first-order valence-corrected chi connectivity index (χ1v) is 8.86. The van der Waals surface area contributed by atoms with Gasteiger partial charge in [-0.2, -0.15) is 0 Å². The third kappa shape index (κ3) is 8.62. The molecule has 0 spiro atoms. The highest BCUT2D eigenvalue weighted by Crippen LogP contribution is 2.18. The molecule has 2 rings (SSSR count). The van der Waals surface area contributed by atoms with Crippen molar-refractivity contribution in [3.8, 4) is 0 Å². The first kappa shape index (κ1) is 25.2. The molecule has 0 fully saturated rings. The van der Waals surface area contributed by atoms with Gasteiger partial charge in [0, 0.05) is 8.95 Å². The highest BCUT2D eigenvalue weighted by atomic mass is 79.9. The number of hydrogen-bond acceptors (Lipinski definition) is 3. The van der Waals surface area contributed by atoms with Crippen LogP contribution in [-0.2, 0) is 4.74 Å². The molecular formula is C19H20Br2F2O4. The van der Waals surface area contributed by atoms with Crippen molar-refractivity contribution in [1.82, 2.24) is 0 Å². The number of esters is 1. The van der Waals surface area contributed by atoms with E-state index in [1.807, 2.05) is 0 Å². The molecule has 0 saturated heterocycles. The lowest BCUT2D eigenvalue weighted by atomic mass is 10.1. The van der Waals surface area contributed by atoms with Crippen molar-refractivity contribution in [3.05, 3.63) is 68.1 Å². The van der Waals surface area contributed by atoms with Crippen LogP contribution in [0.1, 0.15) is 48.9 Å². The molecule has 0 unspecified atom stereocenters. The lowest BCUT2D eigenvalue weighted by Crippen LogP contribution is -2.24. The second-order valence-corrected chi connectivity index (χ2v) is 7.89.